The first-order valence-corrected chi connectivity index (χ1v) is 8.11. The van der Waals surface area contributed by atoms with Crippen LogP contribution in [-0.2, 0) is 0 Å². The van der Waals surface area contributed by atoms with E-state index in [-0.39, 0.29) is 18.0 Å². The molecule has 1 atom stereocenters. The second kappa shape index (κ2) is 5.70. The number of aromatic nitrogens is 3. The first-order valence-electron chi connectivity index (χ1n) is 8.11. The van der Waals surface area contributed by atoms with Crippen molar-refractivity contribution in [2.45, 2.75) is 38.8 Å². The van der Waals surface area contributed by atoms with E-state index in [2.05, 4.69) is 15.1 Å². The van der Waals surface area contributed by atoms with Crippen molar-refractivity contribution in [3.63, 3.8) is 0 Å². The summed E-state index contributed by atoms with van der Waals surface area (Å²) in [5, 5.41) is 4.68. The lowest BCUT2D eigenvalue weighted by molar-refractivity contribution is 0.0670. The van der Waals surface area contributed by atoms with Crippen molar-refractivity contribution < 1.29 is 9.32 Å². The second-order valence-corrected chi connectivity index (χ2v) is 6.22. The van der Waals surface area contributed by atoms with Crippen molar-refractivity contribution in [1.82, 2.24) is 20.0 Å². The van der Waals surface area contributed by atoms with Crippen molar-refractivity contribution in [3.05, 3.63) is 53.6 Å². The van der Waals surface area contributed by atoms with Crippen LogP contribution < -0.4 is 0 Å². The normalized spacial score (nSPS) is 15.4. The number of aryl methyl sites for hydroxylation is 1. The van der Waals surface area contributed by atoms with Crippen LogP contribution in [0.25, 0.3) is 11.1 Å². The Hall–Kier alpha value is -2.76. The molecule has 0 saturated heterocycles. The van der Waals surface area contributed by atoms with E-state index in [1.807, 2.05) is 43.0 Å². The maximum atomic E-state index is 13.1. The summed E-state index contributed by atoms with van der Waals surface area (Å²) >= 11 is 0. The standard InChI is InChI=1S/C18H18N4O2/c1-11-15-9-13(10-20-17(15)24-21-11)18(23)22(14-6-7-14)12(2)16-5-3-4-8-19-16/h3-5,8-10,12,14H,6-7H2,1-2H3. The third-order valence-electron chi connectivity index (χ3n) is 4.46. The molecule has 1 aliphatic carbocycles. The lowest BCUT2D eigenvalue weighted by Crippen LogP contribution is -2.36. The fraction of sp³-hybridized carbons (Fsp3) is 0.333. The monoisotopic (exact) mass is 322 g/mol. The Morgan fingerprint density at radius 2 is 2.17 bits per heavy atom. The Bertz CT molecular complexity index is 886. The van der Waals surface area contributed by atoms with Crippen LogP contribution in [0.3, 0.4) is 0 Å². The Balaban J connectivity index is 1.69. The molecule has 3 heterocycles. The molecule has 3 aromatic rings. The summed E-state index contributed by atoms with van der Waals surface area (Å²) in [5.74, 6) is -0.0225. The average Bonchev–Trinajstić information content (AvgIpc) is 3.38. The van der Waals surface area contributed by atoms with Gasteiger partial charge < -0.3 is 9.42 Å². The summed E-state index contributed by atoms with van der Waals surface area (Å²) in [4.78, 5) is 23.7. The lowest BCUT2D eigenvalue weighted by atomic mass is 10.1. The fourth-order valence-electron chi connectivity index (χ4n) is 2.99. The van der Waals surface area contributed by atoms with Gasteiger partial charge in [-0.15, -0.1) is 0 Å². The molecule has 1 aliphatic rings. The highest BCUT2D eigenvalue weighted by molar-refractivity contribution is 5.97. The van der Waals surface area contributed by atoms with E-state index in [1.165, 1.54) is 0 Å². The molecule has 6 heteroatoms. The lowest BCUT2D eigenvalue weighted by Gasteiger charge is -2.29. The molecule has 24 heavy (non-hydrogen) atoms. The molecule has 122 valence electrons. The Morgan fingerprint density at radius 1 is 1.33 bits per heavy atom. The van der Waals surface area contributed by atoms with Gasteiger partial charge >= 0.3 is 0 Å². The van der Waals surface area contributed by atoms with Crippen molar-refractivity contribution in [2.75, 3.05) is 0 Å². The van der Waals surface area contributed by atoms with E-state index >= 15 is 0 Å². The zero-order valence-electron chi connectivity index (χ0n) is 13.6. The van der Waals surface area contributed by atoms with Crippen LogP contribution in [0.5, 0.6) is 0 Å². The van der Waals surface area contributed by atoms with Gasteiger partial charge in [-0.2, -0.15) is 0 Å². The van der Waals surface area contributed by atoms with Gasteiger partial charge in [0.05, 0.1) is 28.4 Å². The molecule has 0 spiro atoms. The number of carbonyl (C=O) groups is 1. The van der Waals surface area contributed by atoms with E-state index in [0.29, 0.717) is 11.3 Å². The van der Waals surface area contributed by atoms with E-state index < -0.39 is 0 Å². The Kier molecular flexibility index (Phi) is 3.52. The fourth-order valence-corrected chi connectivity index (χ4v) is 2.99. The van der Waals surface area contributed by atoms with Crippen molar-refractivity contribution in [1.29, 1.82) is 0 Å². The smallest absolute Gasteiger partial charge is 0.257 e. The van der Waals surface area contributed by atoms with Crippen LogP contribution >= 0.6 is 0 Å². The van der Waals surface area contributed by atoms with E-state index in [4.69, 9.17) is 4.52 Å². The minimum atomic E-state index is -0.0783. The zero-order chi connectivity index (χ0) is 16.7. The molecule has 0 aliphatic heterocycles. The SMILES string of the molecule is Cc1noc2ncc(C(=O)N(C3CC3)C(C)c3ccccn3)cc12. The average molecular weight is 322 g/mol. The minimum Gasteiger partial charge on any atom is -0.336 e. The van der Waals surface area contributed by atoms with Crippen LogP contribution in [0, 0.1) is 6.92 Å². The molecule has 1 fully saturated rings. The second-order valence-electron chi connectivity index (χ2n) is 6.22. The van der Waals surface area contributed by atoms with Gasteiger partial charge in [0.2, 0.25) is 0 Å². The maximum Gasteiger partial charge on any atom is 0.257 e. The van der Waals surface area contributed by atoms with Gasteiger partial charge in [-0.25, -0.2) is 4.98 Å². The number of rotatable bonds is 4. The molecule has 3 aromatic heterocycles. The molecule has 6 nitrogen and oxygen atoms in total. The highest BCUT2D eigenvalue weighted by Gasteiger charge is 2.37. The summed E-state index contributed by atoms with van der Waals surface area (Å²) < 4.78 is 5.12. The van der Waals surface area contributed by atoms with Crippen molar-refractivity contribution in [3.8, 4) is 0 Å². The van der Waals surface area contributed by atoms with Crippen LogP contribution in [-0.4, -0.2) is 32.0 Å². The van der Waals surface area contributed by atoms with E-state index in [1.54, 1.807) is 12.4 Å². The molecular weight excluding hydrogens is 304 g/mol. The maximum absolute atomic E-state index is 13.1. The number of hydrogen-bond acceptors (Lipinski definition) is 5. The summed E-state index contributed by atoms with van der Waals surface area (Å²) in [6.45, 7) is 3.87. The molecule has 0 bridgehead atoms. The number of fused-ring (bicyclic) bond motifs is 1. The van der Waals surface area contributed by atoms with Gasteiger partial charge in [0.1, 0.15) is 0 Å². The van der Waals surface area contributed by atoms with E-state index in [0.717, 1.165) is 29.6 Å². The molecule has 1 saturated carbocycles. The van der Waals surface area contributed by atoms with Crippen LogP contribution in [0.4, 0.5) is 0 Å². The predicted octanol–water partition coefficient (Wildman–Crippen LogP) is 3.29. The molecule has 0 aromatic carbocycles. The number of pyridine rings is 2. The van der Waals surface area contributed by atoms with Crippen LogP contribution in [0.1, 0.15) is 47.6 Å². The van der Waals surface area contributed by atoms with Gasteiger partial charge in [0.25, 0.3) is 11.6 Å². The largest absolute Gasteiger partial charge is 0.336 e. The predicted molar refractivity (Wildman–Crippen MR) is 88.4 cm³/mol. The Labute approximate surface area is 139 Å². The zero-order valence-corrected chi connectivity index (χ0v) is 13.6. The molecule has 0 N–H and O–H groups in total. The third kappa shape index (κ3) is 2.54. The van der Waals surface area contributed by atoms with Crippen LogP contribution in [0.2, 0.25) is 0 Å². The molecule has 4 rings (SSSR count). The number of carbonyl (C=O) groups excluding carboxylic acids is 1. The first kappa shape index (κ1) is 14.8. The van der Waals surface area contributed by atoms with Gasteiger partial charge in [-0.3, -0.25) is 9.78 Å². The quantitative estimate of drug-likeness (QED) is 0.737. The highest BCUT2D eigenvalue weighted by atomic mass is 16.5. The number of hydrogen-bond donors (Lipinski definition) is 0. The number of nitrogens with zero attached hydrogens (tertiary/aromatic N) is 4. The highest BCUT2D eigenvalue weighted by Crippen LogP contribution is 2.35. The summed E-state index contributed by atoms with van der Waals surface area (Å²) in [5.41, 5.74) is 2.65. The first-order chi connectivity index (χ1) is 11.6. The molecule has 1 unspecified atom stereocenters. The topological polar surface area (TPSA) is 72.1 Å². The summed E-state index contributed by atoms with van der Waals surface area (Å²) in [6.07, 6.45) is 5.39. The van der Waals surface area contributed by atoms with Gasteiger partial charge in [0, 0.05) is 18.4 Å². The van der Waals surface area contributed by atoms with Gasteiger partial charge in [-0.05, 0) is 44.9 Å². The molecule has 1 amide bonds. The van der Waals surface area contributed by atoms with Gasteiger partial charge in [0.15, 0.2) is 0 Å². The molecular formula is C18H18N4O2. The summed E-state index contributed by atoms with van der Waals surface area (Å²) in [7, 11) is 0. The number of amides is 1. The van der Waals surface area contributed by atoms with Crippen LogP contribution in [0.15, 0.2) is 41.2 Å². The minimum absolute atomic E-state index is 0.0225. The van der Waals surface area contributed by atoms with E-state index in [9.17, 15) is 4.79 Å². The Morgan fingerprint density at radius 3 is 2.88 bits per heavy atom. The van der Waals surface area contributed by atoms with Crippen molar-refractivity contribution >= 4 is 17.0 Å². The third-order valence-corrected chi connectivity index (χ3v) is 4.46. The van der Waals surface area contributed by atoms with Gasteiger partial charge in [-0.1, -0.05) is 11.2 Å². The van der Waals surface area contributed by atoms with Crippen molar-refractivity contribution in [2.24, 2.45) is 0 Å². The summed E-state index contributed by atoms with van der Waals surface area (Å²) in [6, 6.07) is 7.80. The molecule has 0 radical (unpaired) electrons.